The van der Waals surface area contributed by atoms with E-state index in [1.165, 1.54) is 31.4 Å². The molecule has 2 amide bonds. The molecule has 13 heteroatoms. The van der Waals surface area contributed by atoms with E-state index in [2.05, 4.69) is 15.2 Å². The molecule has 2 aliphatic heterocycles. The highest BCUT2D eigenvalue weighted by Gasteiger charge is 2.32. The smallest absolute Gasteiger partial charge is 0.409 e. The normalized spacial score (nSPS) is 17.0. The fourth-order valence-electron chi connectivity index (χ4n) is 5.20. The Kier molecular flexibility index (Phi) is 9.49. The summed E-state index contributed by atoms with van der Waals surface area (Å²) < 4.78 is 45.2. The second-order valence-corrected chi connectivity index (χ2v) is 11.4. The van der Waals surface area contributed by atoms with Gasteiger partial charge in [0.05, 0.1) is 21.3 Å². The number of likely N-dealkylation sites (tertiary alicyclic amines) is 2. The fraction of sp³-hybridized carbons (Fsp3) is 0.444. The molecule has 5 rings (SSSR count). The van der Waals surface area contributed by atoms with Gasteiger partial charge in [-0.2, -0.15) is 13.2 Å². The number of carbonyl (C=O) groups excluding carboxylic acids is 2. The molecule has 2 aromatic carbocycles. The van der Waals surface area contributed by atoms with Gasteiger partial charge in [0.15, 0.2) is 5.13 Å². The molecule has 0 bridgehead atoms. The number of aromatic nitrogens is 1. The lowest BCUT2D eigenvalue weighted by Crippen LogP contribution is -2.48. The largest absolute Gasteiger partial charge is 0.416 e. The fourth-order valence-corrected chi connectivity index (χ4v) is 6.37. The van der Waals surface area contributed by atoms with Gasteiger partial charge in [-0.1, -0.05) is 29.4 Å². The van der Waals surface area contributed by atoms with Crippen LogP contribution in [0.5, 0.6) is 5.75 Å². The van der Waals surface area contributed by atoms with Gasteiger partial charge in [0.2, 0.25) is 0 Å². The van der Waals surface area contributed by atoms with Gasteiger partial charge in [0, 0.05) is 24.2 Å². The number of anilines is 1. The number of alkyl halides is 3. The first-order valence-electron chi connectivity index (χ1n) is 12.9. The highest BCUT2D eigenvalue weighted by molar-refractivity contribution is 7.22. The second kappa shape index (κ2) is 12.5. The standard InChI is InChI=1S/C27H28ClF3N4O3S.ClH/c1-16-13-18(28)15-20(24(36)33-25-32-21-6-5-17(27(29,30)31)14-22(21)39-25)23(16)38-26(37)35-11-7-19(8-12-35)34-9-3-2-4-10-34;/h5-6,13-15,19H,2-4,7-12H2,1H3,(H,32,33,36);1H. The van der Waals surface area contributed by atoms with Gasteiger partial charge in [-0.05, 0) is 81.6 Å². The third-order valence-electron chi connectivity index (χ3n) is 7.24. The number of hydrogen-bond donors (Lipinski definition) is 1. The first-order chi connectivity index (χ1) is 18.6. The van der Waals surface area contributed by atoms with E-state index >= 15 is 0 Å². The van der Waals surface area contributed by atoms with E-state index in [-0.39, 0.29) is 38.6 Å². The monoisotopic (exact) mass is 616 g/mol. The van der Waals surface area contributed by atoms with Crippen molar-refractivity contribution in [3.8, 4) is 5.75 Å². The summed E-state index contributed by atoms with van der Waals surface area (Å²) in [5.41, 5.74) is 0.0662. The molecule has 0 radical (unpaired) electrons. The zero-order valence-electron chi connectivity index (χ0n) is 21.7. The van der Waals surface area contributed by atoms with Gasteiger partial charge in [-0.3, -0.25) is 10.1 Å². The summed E-state index contributed by atoms with van der Waals surface area (Å²) in [5.74, 6) is -0.553. The van der Waals surface area contributed by atoms with Gasteiger partial charge in [0.1, 0.15) is 5.75 Å². The van der Waals surface area contributed by atoms with Gasteiger partial charge in [0.25, 0.3) is 5.91 Å². The molecular weight excluding hydrogens is 588 g/mol. The van der Waals surface area contributed by atoms with Gasteiger partial charge < -0.3 is 14.5 Å². The number of benzene rings is 2. The Hall–Kier alpha value is -2.60. The van der Waals surface area contributed by atoms with E-state index < -0.39 is 23.7 Å². The Morgan fingerprint density at radius 1 is 1.07 bits per heavy atom. The molecule has 216 valence electrons. The SMILES string of the molecule is Cc1cc(Cl)cc(C(=O)Nc2nc3ccc(C(F)(F)F)cc3s2)c1OC(=O)N1CCC(N2CCCCC2)CC1.Cl. The van der Waals surface area contributed by atoms with E-state index in [0.29, 0.717) is 30.2 Å². The van der Waals surface area contributed by atoms with Crippen LogP contribution in [-0.4, -0.2) is 59.0 Å². The highest BCUT2D eigenvalue weighted by atomic mass is 35.5. The van der Waals surface area contributed by atoms with Crippen molar-refractivity contribution in [3.63, 3.8) is 0 Å². The molecule has 1 aromatic heterocycles. The Balaban J connectivity index is 0.00000370. The molecular formula is C27H29Cl2F3N4O3S. The predicted octanol–water partition coefficient (Wildman–Crippen LogP) is 7.40. The van der Waals surface area contributed by atoms with Crippen molar-refractivity contribution in [2.24, 2.45) is 0 Å². The van der Waals surface area contributed by atoms with Gasteiger partial charge in [-0.15, -0.1) is 12.4 Å². The predicted molar refractivity (Wildman–Crippen MR) is 152 cm³/mol. The van der Waals surface area contributed by atoms with Crippen molar-refractivity contribution in [3.05, 3.63) is 52.0 Å². The van der Waals surface area contributed by atoms with Crippen LogP contribution in [0.25, 0.3) is 10.2 Å². The minimum Gasteiger partial charge on any atom is -0.409 e. The number of carbonyl (C=O) groups is 2. The molecule has 1 N–H and O–H groups in total. The molecule has 3 heterocycles. The number of halogens is 5. The second-order valence-electron chi connectivity index (χ2n) is 9.94. The van der Waals surface area contributed by atoms with Crippen LogP contribution in [0.2, 0.25) is 5.02 Å². The lowest BCUT2D eigenvalue weighted by atomic mass is 10.0. The van der Waals surface area contributed by atoms with E-state index in [4.69, 9.17) is 16.3 Å². The molecule has 0 aliphatic carbocycles. The number of nitrogens with zero attached hydrogens (tertiary/aromatic N) is 3. The maximum absolute atomic E-state index is 13.2. The number of hydrogen-bond acceptors (Lipinski definition) is 6. The number of ether oxygens (including phenoxy) is 1. The van der Waals surface area contributed by atoms with Crippen LogP contribution in [0.3, 0.4) is 0 Å². The molecule has 2 saturated heterocycles. The van der Waals surface area contributed by atoms with Crippen molar-refractivity contribution < 1.29 is 27.5 Å². The van der Waals surface area contributed by atoms with E-state index in [0.717, 1.165) is 49.4 Å². The molecule has 2 aliphatic rings. The van der Waals surface area contributed by atoms with Crippen LogP contribution in [0.15, 0.2) is 30.3 Å². The van der Waals surface area contributed by atoms with E-state index in [1.54, 1.807) is 17.9 Å². The molecule has 40 heavy (non-hydrogen) atoms. The minimum atomic E-state index is -4.48. The Morgan fingerprint density at radius 3 is 2.45 bits per heavy atom. The van der Waals surface area contributed by atoms with Gasteiger partial charge in [-0.25, -0.2) is 9.78 Å². The lowest BCUT2D eigenvalue weighted by Gasteiger charge is -2.39. The summed E-state index contributed by atoms with van der Waals surface area (Å²) >= 11 is 7.13. The quantitative estimate of drug-likeness (QED) is 0.330. The Bertz CT molecular complexity index is 1390. The molecule has 2 fully saturated rings. The van der Waals surface area contributed by atoms with E-state index in [9.17, 15) is 22.8 Å². The van der Waals surface area contributed by atoms with Crippen molar-refractivity contribution in [1.29, 1.82) is 0 Å². The Labute approximate surface area is 245 Å². The highest BCUT2D eigenvalue weighted by Crippen LogP contribution is 2.35. The van der Waals surface area contributed by atoms with Crippen LogP contribution in [0.4, 0.5) is 23.1 Å². The van der Waals surface area contributed by atoms with Crippen LogP contribution in [0.1, 0.15) is 53.6 Å². The van der Waals surface area contributed by atoms with Crippen LogP contribution >= 0.6 is 35.3 Å². The number of piperidine rings is 2. The Morgan fingerprint density at radius 2 is 1.77 bits per heavy atom. The molecule has 0 saturated carbocycles. The topological polar surface area (TPSA) is 74.8 Å². The summed E-state index contributed by atoms with van der Waals surface area (Å²) in [6.45, 7) is 5.04. The summed E-state index contributed by atoms with van der Waals surface area (Å²) in [4.78, 5) is 34.7. The summed E-state index contributed by atoms with van der Waals surface area (Å²) in [6, 6.07) is 6.66. The van der Waals surface area contributed by atoms with Crippen LogP contribution < -0.4 is 10.1 Å². The summed E-state index contributed by atoms with van der Waals surface area (Å²) in [6.07, 6.45) is 0.428. The average molecular weight is 618 g/mol. The van der Waals surface area contributed by atoms with Gasteiger partial charge >= 0.3 is 12.3 Å². The third-order valence-corrected chi connectivity index (χ3v) is 8.39. The molecule has 3 aromatic rings. The summed E-state index contributed by atoms with van der Waals surface area (Å²) in [5, 5.41) is 3.01. The van der Waals surface area contributed by atoms with E-state index in [1.807, 2.05) is 0 Å². The number of rotatable bonds is 4. The number of thiazole rings is 1. The zero-order valence-corrected chi connectivity index (χ0v) is 24.1. The first kappa shape index (κ1) is 30.4. The maximum Gasteiger partial charge on any atom is 0.416 e. The number of amides is 2. The van der Waals surface area contributed by atoms with Crippen molar-refractivity contribution in [2.45, 2.75) is 51.2 Å². The molecule has 0 atom stereocenters. The number of fused-ring (bicyclic) bond motifs is 1. The minimum absolute atomic E-state index is 0. The summed E-state index contributed by atoms with van der Waals surface area (Å²) in [7, 11) is 0. The number of aryl methyl sites for hydroxylation is 1. The van der Waals surface area contributed by atoms with Crippen molar-refractivity contribution in [1.82, 2.24) is 14.8 Å². The lowest BCUT2D eigenvalue weighted by molar-refractivity contribution is -0.137. The first-order valence-corrected chi connectivity index (χ1v) is 14.1. The maximum atomic E-state index is 13.2. The van der Waals surface area contributed by atoms with Crippen molar-refractivity contribution >= 4 is 62.7 Å². The van der Waals surface area contributed by atoms with Crippen LogP contribution in [0, 0.1) is 6.92 Å². The molecule has 0 spiro atoms. The van der Waals surface area contributed by atoms with Crippen LogP contribution in [-0.2, 0) is 6.18 Å². The average Bonchev–Trinajstić information content (AvgIpc) is 3.31. The van der Waals surface area contributed by atoms with Crippen molar-refractivity contribution in [2.75, 3.05) is 31.5 Å². The third kappa shape index (κ3) is 6.82. The number of nitrogens with one attached hydrogen (secondary N) is 1. The molecule has 7 nitrogen and oxygen atoms in total. The molecule has 0 unspecified atom stereocenters. The zero-order chi connectivity index (χ0) is 27.7.